The third kappa shape index (κ3) is 3.56. The summed E-state index contributed by atoms with van der Waals surface area (Å²) >= 11 is 1.13. The van der Waals surface area contributed by atoms with Crippen LogP contribution in [-0.2, 0) is 9.59 Å². The van der Waals surface area contributed by atoms with Crippen molar-refractivity contribution in [1.82, 2.24) is 0 Å². The summed E-state index contributed by atoms with van der Waals surface area (Å²) in [4.78, 5) is 21.5. The number of aliphatic hydroxyl groups is 1. The van der Waals surface area contributed by atoms with Crippen molar-refractivity contribution in [3.63, 3.8) is 0 Å². The lowest BCUT2D eigenvalue weighted by Crippen LogP contribution is -2.10. The van der Waals surface area contributed by atoms with Crippen molar-refractivity contribution in [3.05, 3.63) is 29.8 Å². The highest BCUT2D eigenvalue weighted by atomic mass is 32.2. The van der Waals surface area contributed by atoms with Crippen LogP contribution in [0.3, 0.4) is 0 Å². The van der Waals surface area contributed by atoms with Gasteiger partial charge in [-0.15, -0.1) is 11.8 Å². The van der Waals surface area contributed by atoms with Crippen LogP contribution in [0.5, 0.6) is 0 Å². The highest BCUT2D eigenvalue weighted by Gasteiger charge is 2.15. The topological polar surface area (TPSA) is 94.8 Å². The summed E-state index contributed by atoms with van der Waals surface area (Å²) in [5, 5.41) is 26.2. The molecule has 0 spiro atoms. The highest BCUT2D eigenvalue weighted by Crippen LogP contribution is 2.21. The number of carboxylic acids is 2. The summed E-state index contributed by atoms with van der Waals surface area (Å²) in [6, 6.07) is 6.08. The molecule has 1 rings (SSSR count). The van der Waals surface area contributed by atoms with Gasteiger partial charge in [-0.3, -0.25) is 4.79 Å². The summed E-state index contributed by atoms with van der Waals surface area (Å²) in [5.41, 5.74) is 0.271. The van der Waals surface area contributed by atoms with E-state index in [9.17, 15) is 14.7 Å². The molecule has 0 aliphatic rings. The molecule has 1 unspecified atom stereocenters. The molecule has 0 saturated carbocycles. The summed E-state index contributed by atoms with van der Waals surface area (Å²) in [6.45, 7) is 0. The fourth-order valence-corrected chi connectivity index (χ4v) is 1.65. The molecule has 16 heavy (non-hydrogen) atoms. The van der Waals surface area contributed by atoms with E-state index in [0.29, 0.717) is 4.90 Å². The molecule has 1 aromatic rings. The van der Waals surface area contributed by atoms with Gasteiger partial charge in [-0.1, -0.05) is 12.1 Å². The van der Waals surface area contributed by atoms with Gasteiger partial charge in [0.1, 0.15) is 0 Å². The summed E-state index contributed by atoms with van der Waals surface area (Å²) in [6.07, 6.45) is -1.54. The standard InChI is InChI=1S/C10H10O5S/c11-8(12)5-16-7-3-1-6(2-4-7)9(13)10(14)15/h1-4,9,13H,5H2,(H,11,12)(H,14,15). The Balaban J connectivity index is 2.67. The van der Waals surface area contributed by atoms with E-state index < -0.39 is 18.0 Å². The summed E-state index contributed by atoms with van der Waals surface area (Å²) in [5.74, 6) is -2.29. The third-order valence-corrected chi connectivity index (χ3v) is 2.79. The smallest absolute Gasteiger partial charge is 0.337 e. The largest absolute Gasteiger partial charge is 0.481 e. The van der Waals surface area contributed by atoms with Crippen LogP contribution in [-0.4, -0.2) is 33.0 Å². The number of carbonyl (C=O) groups is 2. The maximum absolute atomic E-state index is 10.5. The average Bonchev–Trinajstić information content (AvgIpc) is 2.26. The van der Waals surface area contributed by atoms with Crippen molar-refractivity contribution in [2.45, 2.75) is 11.0 Å². The third-order valence-electron chi connectivity index (χ3n) is 1.79. The van der Waals surface area contributed by atoms with Crippen LogP contribution >= 0.6 is 11.8 Å². The second-order valence-electron chi connectivity index (χ2n) is 2.99. The molecule has 0 aliphatic carbocycles. The first-order valence-corrected chi connectivity index (χ1v) is 5.34. The number of aliphatic carboxylic acids is 2. The van der Waals surface area contributed by atoms with Crippen LogP contribution in [0.15, 0.2) is 29.2 Å². The first-order valence-electron chi connectivity index (χ1n) is 4.36. The minimum atomic E-state index is -1.54. The van der Waals surface area contributed by atoms with Gasteiger partial charge in [-0.2, -0.15) is 0 Å². The Hall–Kier alpha value is -1.53. The summed E-state index contributed by atoms with van der Waals surface area (Å²) in [7, 11) is 0. The average molecular weight is 242 g/mol. The second kappa shape index (κ2) is 5.53. The molecule has 0 heterocycles. The normalized spacial score (nSPS) is 12.1. The van der Waals surface area contributed by atoms with E-state index >= 15 is 0 Å². The molecule has 0 aromatic heterocycles. The maximum Gasteiger partial charge on any atom is 0.337 e. The van der Waals surface area contributed by atoms with Crippen molar-refractivity contribution < 1.29 is 24.9 Å². The Morgan fingerprint density at radius 1 is 1.19 bits per heavy atom. The van der Waals surface area contributed by atoms with Crippen LogP contribution in [0.1, 0.15) is 11.7 Å². The molecular weight excluding hydrogens is 232 g/mol. The van der Waals surface area contributed by atoms with Crippen molar-refractivity contribution in [3.8, 4) is 0 Å². The predicted molar refractivity (Wildman–Crippen MR) is 57.4 cm³/mol. The molecule has 0 radical (unpaired) electrons. The van der Waals surface area contributed by atoms with Gasteiger partial charge in [0.15, 0.2) is 6.10 Å². The number of carboxylic acid groups (broad SMARTS) is 2. The lowest BCUT2D eigenvalue weighted by Gasteiger charge is -2.06. The quantitative estimate of drug-likeness (QED) is 0.666. The number of rotatable bonds is 5. The number of thioether (sulfide) groups is 1. The lowest BCUT2D eigenvalue weighted by molar-refractivity contribution is -0.147. The van der Waals surface area contributed by atoms with Gasteiger partial charge in [0.25, 0.3) is 0 Å². The van der Waals surface area contributed by atoms with E-state index in [1.807, 2.05) is 0 Å². The molecule has 3 N–H and O–H groups in total. The monoisotopic (exact) mass is 242 g/mol. The van der Waals surface area contributed by atoms with Crippen LogP contribution in [0.4, 0.5) is 0 Å². The Labute approximate surface area is 95.7 Å². The van der Waals surface area contributed by atoms with Crippen molar-refractivity contribution in [2.24, 2.45) is 0 Å². The van der Waals surface area contributed by atoms with Gasteiger partial charge in [0, 0.05) is 4.90 Å². The maximum atomic E-state index is 10.5. The fraction of sp³-hybridized carbons (Fsp3) is 0.200. The molecule has 0 amide bonds. The van der Waals surface area contributed by atoms with Gasteiger partial charge in [-0.05, 0) is 17.7 Å². The molecule has 5 nitrogen and oxygen atoms in total. The highest BCUT2D eigenvalue weighted by molar-refractivity contribution is 8.00. The zero-order valence-electron chi connectivity index (χ0n) is 8.16. The molecule has 0 bridgehead atoms. The number of benzene rings is 1. The molecule has 6 heteroatoms. The molecule has 0 aliphatic heterocycles. The van der Waals surface area contributed by atoms with E-state index in [-0.39, 0.29) is 11.3 Å². The predicted octanol–water partition coefficient (Wildman–Crippen LogP) is 0.981. The van der Waals surface area contributed by atoms with Crippen molar-refractivity contribution in [1.29, 1.82) is 0 Å². The molecule has 1 atom stereocenters. The van der Waals surface area contributed by atoms with Gasteiger partial charge in [0.05, 0.1) is 5.75 Å². The minimum absolute atomic E-state index is 0.0547. The van der Waals surface area contributed by atoms with Crippen LogP contribution in [0.25, 0.3) is 0 Å². The van der Waals surface area contributed by atoms with E-state index in [0.717, 1.165) is 11.8 Å². The zero-order chi connectivity index (χ0) is 12.1. The van der Waals surface area contributed by atoms with Crippen molar-refractivity contribution >= 4 is 23.7 Å². The van der Waals surface area contributed by atoms with Crippen molar-refractivity contribution in [2.75, 3.05) is 5.75 Å². The van der Waals surface area contributed by atoms with Crippen LogP contribution < -0.4 is 0 Å². The Bertz CT molecular complexity index is 387. The Kier molecular flexibility index (Phi) is 4.33. The van der Waals surface area contributed by atoms with E-state index in [1.54, 1.807) is 12.1 Å². The van der Waals surface area contributed by atoms with Gasteiger partial charge in [-0.25, -0.2) is 4.79 Å². The molecular formula is C10H10O5S. The van der Waals surface area contributed by atoms with Crippen LogP contribution in [0, 0.1) is 0 Å². The number of hydrogen-bond acceptors (Lipinski definition) is 4. The van der Waals surface area contributed by atoms with E-state index in [1.165, 1.54) is 12.1 Å². The van der Waals surface area contributed by atoms with Gasteiger partial charge >= 0.3 is 11.9 Å². The first-order chi connectivity index (χ1) is 7.50. The van der Waals surface area contributed by atoms with E-state index in [2.05, 4.69) is 0 Å². The van der Waals surface area contributed by atoms with E-state index in [4.69, 9.17) is 10.2 Å². The molecule has 1 aromatic carbocycles. The fourth-order valence-electron chi connectivity index (χ4n) is 1.03. The zero-order valence-corrected chi connectivity index (χ0v) is 8.98. The summed E-state index contributed by atoms with van der Waals surface area (Å²) < 4.78 is 0. The van der Waals surface area contributed by atoms with Crippen LogP contribution in [0.2, 0.25) is 0 Å². The molecule has 0 saturated heterocycles. The van der Waals surface area contributed by atoms with Gasteiger partial charge in [0.2, 0.25) is 0 Å². The van der Waals surface area contributed by atoms with Gasteiger partial charge < -0.3 is 15.3 Å². The first kappa shape index (κ1) is 12.5. The Morgan fingerprint density at radius 3 is 2.19 bits per heavy atom. The lowest BCUT2D eigenvalue weighted by atomic mass is 10.1. The molecule has 86 valence electrons. The number of hydrogen-bond donors (Lipinski definition) is 3. The Morgan fingerprint density at radius 2 is 1.75 bits per heavy atom. The number of aliphatic hydroxyl groups excluding tert-OH is 1. The molecule has 0 fully saturated rings. The minimum Gasteiger partial charge on any atom is -0.481 e. The SMILES string of the molecule is O=C(O)CSc1ccc(C(O)C(=O)O)cc1. The second-order valence-corrected chi connectivity index (χ2v) is 4.04.